The van der Waals surface area contributed by atoms with Crippen LogP contribution < -0.4 is 15.8 Å². The number of aromatic nitrogens is 1. The van der Waals surface area contributed by atoms with Crippen molar-refractivity contribution in [3.8, 4) is 5.75 Å². The van der Waals surface area contributed by atoms with Gasteiger partial charge in [-0.25, -0.2) is 0 Å². The van der Waals surface area contributed by atoms with Crippen LogP contribution >= 0.6 is 36.4 Å². The molecule has 6 nitrogen and oxygen atoms in total. The smallest absolute Gasteiger partial charge is 0.253 e. The Bertz CT molecular complexity index is 734. The van der Waals surface area contributed by atoms with Gasteiger partial charge in [0, 0.05) is 30.2 Å². The summed E-state index contributed by atoms with van der Waals surface area (Å²) in [6, 6.07) is 8.91. The molecule has 0 aliphatic carbocycles. The standard InChI is InChI=1S/C18H20ClN3O3.2ClH/c19-15-8-13(22-18(23)17-6-4-14(9-20)25-17)3-5-16(15)24-11-12-2-1-7-21-10-12;;/h1-3,5,7-8,10,14,17H,4,6,9,11,20H2,(H,22,23);2*1H/t14-,17+;;/m1../s1. The summed E-state index contributed by atoms with van der Waals surface area (Å²) in [5.74, 6) is 0.361. The highest BCUT2D eigenvalue weighted by Gasteiger charge is 2.29. The summed E-state index contributed by atoms with van der Waals surface area (Å²) >= 11 is 6.24. The minimum Gasteiger partial charge on any atom is -0.487 e. The van der Waals surface area contributed by atoms with Gasteiger partial charge >= 0.3 is 0 Å². The summed E-state index contributed by atoms with van der Waals surface area (Å²) < 4.78 is 11.3. The van der Waals surface area contributed by atoms with Gasteiger partial charge in [0.15, 0.2) is 0 Å². The first-order chi connectivity index (χ1) is 12.2. The second-order valence-electron chi connectivity index (χ2n) is 5.84. The summed E-state index contributed by atoms with van der Waals surface area (Å²) in [7, 11) is 0. The number of pyridine rings is 1. The summed E-state index contributed by atoms with van der Waals surface area (Å²) in [4.78, 5) is 16.3. The maximum absolute atomic E-state index is 12.2. The average Bonchev–Trinajstić information content (AvgIpc) is 3.11. The summed E-state index contributed by atoms with van der Waals surface area (Å²) in [6.07, 6.45) is 4.41. The maximum Gasteiger partial charge on any atom is 0.253 e. The van der Waals surface area contributed by atoms with Crippen LogP contribution in [0.25, 0.3) is 0 Å². The molecule has 1 aliphatic rings. The highest BCUT2D eigenvalue weighted by atomic mass is 35.5. The highest BCUT2D eigenvalue weighted by molar-refractivity contribution is 6.32. The summed E-state index contributed by atoms with van der Waals surface area (Å²) in [5.41, 5.74) is 7.11. The Balaban J connectivity index is 0.00000182. The van der Waals surface area contributed by atoms with Gasteiger partial charge in [0.1, 0.15) is 18.5 Å². The molecule has 0 saturated carbocycles. The third-order valence-electron chi connectivity index (χ3n) is 3.98. The lowest BCUT2D eigenvalue weighted by atomic mass is 10.2. The van der Waals surface area contributed by atoms with Crippen molar-refractivity contribution < 1.29 is 14.3 Å². The first-order valence-corrected chi connectivity index (χ1v) is 8.51. The van der Waals surface area contributed by atoms with E-state index in [1.807, 2.05) is 12.1 Å². The van der Waals surface area contributed by atoms with Crippen LogP contribution in [0, 0.1) is 0 Å². The number of carbonyl (C=O) groups excluding carboxylic acids is 1. The molecule has 3 rings (SSSR count). The zero-order chi connectivity index (χ0) is 17.6. The van der Waals surface area contributed by atoms with E-state index in [0.29, 0.717) is 36.0 Å². The van der Waals surface area contributed by atoms with Gasteiger partial charge in [-0.3, -0.25) is 9.78 Å². The van der Waals surface area contributed by atoms with Gasteiger partial charge in [0.2, 0.25) is 0 Å². The second kappa shape index (κ2) is 11.3. The minimum atomic E-state index is -0.464. The van der Waals surface area contributed by atoms with Gasteiger partial charge in [0.05, 0.1) is 11.1 Å². The van der Waals surface area contributed by atoms with E-state index >= 15 is 0 Å². The van der Waals surface area contributed by atoms with Crippen LogP contribution in [0.1, 0.15) is 18.4 Å². The number of anilines is 1. The van der Waals surface area contributed by atoms with Crippen molar-refractivity contribution in [3.05, 3.63) is 53.3 Å². The first kappa shape index (κ1) is 23.5. The Morgan fingerprint density at radius 2 is 2.15 bits per heavy atom. The predicted octanol–water partition coefficient (Wildman–Crippen LogP) is 3.60. The molecule has 2 aromatic rings. The van der Waals surface area contributed by atoms with Crippen LogP contribution in [0.15, 0.2) is 42.7 Å². The molecule has 1 saturated heterocycles. The lowest BCUT2D eigenvalue weighted by molar-refractivity contribution is -0.126. The third-order valence-corrected chi connectivity index (χ3v) is 4.27. The van der Waals surface area contributed by atoms with E-state index in [1.54, 1.807) is 30.6 Å². The van der Waals surface area contributed by atoms with Crippen molar-refractivity contribution >= 4 is 48.0 Å². The number of amides is 1. The zero-order valence-corrected chi connectivity index (χ0v) is 16.9. The lowest BCUT2D eigenvalue weighted by Crippen LogP contribution is -2.29. The number of nitrogens with two attached hydrogens (primary N) is 1. The highest BCUT2D eigenvalue weighted by Crippen LogP contribution is 2.29. The molecule has 148 valence electrons. The van der Waals surface area contributed by atoms with Crippen molar-refractivity contribution in [3.63, 3.8) is 0 Å². The molecular weight excluding hydrogens is 413 g/mol. The number of hydrogen-bond acceptors (Lipinski definition) is 5. The largest absolute Gasteiger partial charge is 0.487 e. The SMILES string of the molecule is Cl.Cl.NC[C@H]1CC[C@@H](C(=O)Nc2ccc(OCc3cccnc3)c(Cl)c2)O1. The Labute approximate surface area is 175 Å². The van der Waals surface area contributed by atoms with Crippen molar-refractivity contribution in [2.45, 2.75) is 31.7 Å². The van der Waals surface area contributed by atoms with Crippen LogP contribution in [-0.2, 0) is 16.1 Å². The number of nitrogens with zero attached hydrogens (tertiary/aromatic N) is 1. The van der Waals surface area contributed by atoms with Crippen LogP contribution in [-0.4, -0.2) is 29.6 Å². The molecule has 0 bridgehead atoms. The number of carbonyl (C=O) groups is 1. The van der Waals surface area contributed by atoms with E-state index < -0.39 is 6.10 Å². The molecule has 3 N–H and O–H groups in total. The van der Waals surface area contributed by atoms with Gasteiger partial charge in [-0.1, -0.05) is 17.7 Å². The Morgan fingerprint density at radius 3 is 2.78 bits per heavy atom. The van der Waals surface area contributed by atoms with Crippen LogP contribution in [0.4, 0.5) is 5.69 Å². The van der Waals surface area contributed by atoms with Gasteiger partial charge in [-0.15, -0.1) is 24.8 Å². The van der Waals surface area contributed by atoms with Crippen molar-refractivity contribution in [2.24, 2.45) is 5.73 Å². The van der Waals surface area contributed by atoms with Crippen molar-refractivity contribution in [2.75, 3.05) is 11.9 Å². The van der Waals surface area contributed by atoms with E-state index in [9.17, 15) is 4.79 Å². The van der Waals surface area contributed by atoms with Gasteiger partial charge in [0.25, 0.3) is 5.91 Å². The van der Waals surface area contributed by atoms with E-state index in [4.69, 9.17) is 26.8 Å². The lowest BCUT2D eigenvalue weighted by Gasteiger charge is -2.14. The second-order valence-corrected chi connectivity index (χ2v) is 6.25. The summed E-state index contributed by atoms with van der Waals surface area (Å²) in [6.45, 7) is 0.800. The van der Waals surface area contributed by atoms with E-state index in [2.05, 4.69) is 10.3 Å². The summed E-state index contributed by atoms with van der Waals surface area (Å²) in [5, 5.41) is 3.24. The maximum atomic E-state index is 12.2. The predicted molar refractivity (Wildman–Crippen MR) is 110 cm³/mol. The number of halogens is 3. The monoisotopic (exact) mass is 433 g/mol. The van der Waals surface area contributed by atoms with Gasteiger partial charge < -0.3 is 20.5 Å². The number of ether oxygens (including phenoxy) is 2. The molecule has 0 unspecified atom stereocenters. The molecule has 2 heterocycles. The van der Waals surface area contributed by atoms with Gasteiger partial charge in [-0.2, -0.15) is 0 Å². The molecule has 0 radical (unpaired) electrons. The first-order valence-electron chi connectivity index (χ1n) is 8.13. The van der Waals surface area contributed by atoms with Crippen LogP contribution in [0.3, 0.4) is 0 Å². The Kier molecular flexibility index (Phi) is 9.83. The molecule has 1 fully saturated rings. The number of nitrogens with one attached hydrogen (secondary N) is 1. The Hall–Kier alpha value is -1.57. The van der Waals surface area contributed by atoms with Crippen LogP contribution in [0.5, 0.6) is 5.75 Å². The van der Waals surface area contributed by atoms with E-state index in [1.165, 1.54) is 0 Å². The molecule has 1 aromatic carbocycles. The fourth-order valence-corrected chi connectivity index (χ4v) is 2.87. The topological polar surface area (TPSA) is 86.5 Å². The molecule has 1 aliphatic heterocycles. The number of hydrogen-bond donors (Lipinski definition) is 2. The van der Waals surface area contributed by atoms with Crippen molar-refractivity contribution in [1.29, 1.82) is 0 Å². The van der Waals surface area contributed by atoms with Gasteiger partial charge in [-0.05, 0) is 37.1 Å². The molecular formula is C18H22Cl3N3O3. The van der Waals surface area contributed by atoms with E-state index in [0.717, 1.165) is 12.0 Å². The third kappa shape index (κ3) is 6.52. The molecule has 1 amide bonds. The minimum absolute atomic E-state index is 0. The van der Waals surface area contributed by atoms with Crippen molar-refractivity contribution in [1.82, 2.24) is 4.98 Å². The molecule has 0 spiro atoms. The molecule has 1 aromatic heterocycles. The zero-order valence-electron chi connectivity index (χ0n) is 14.5. The Morgan fingerprint density at radius 1 is 1.33 bits per heavy atom. The fourth-order valence-electron chi connectivity index (χ4n) is 2.63. The molecule has 2 atom stereocenters. The molecule has 9 heteroatoms. The average molecular weight is 435 g/mol. The number of rotatable bonds is 6. The molecule has 27 heavy (non-hydrogen) atoms. The quantitative estimate of drug-likeness (QED) is 0.725. The van der Waals surface area contributed by atoms with Crippen LogP contribution in [0.2, 0.25) is 5.02 Å². The van der Waals surface area contributed by atoms with E-state index in [-0.39, 0.29) is 36.8 Å². The number of benzene rings is 1. The normalized spacial score (nSPS) is 18.1. The fraction of sp³-hybridized carbons (Fsp3) is 0.333.